The number of carbonyl (C=O) groups is 2. The van der Waals surface area contributed by atoms with Gasteiger partial charge >= 0.3 is 0 Å². The van der Waals surface area contributed by atoms with Crippen LogP contribution in [0.4, 0.5) is 5.69 Å². The molecule has 238 valence electrons. The predicted molar refractivity (Wildman–Crippen MR) is 180 cm³/mol. The van der Waals surface area contributed by atoms with Crippen molar-refractivity contribution in [2.24, 2.45) is 5.92 Å². The number of hydrogen-bond donors (Lipinski definition) is 0. The van der Waals surface area contributed by atoms with E-state index in [4.69, 9.17) is 11.6 Å². The monoisotopic (exact) mass is 712 g/mol. The van der Waals surface area contributed by atoms with Gasteiger partial charge in [0, 0.05) is 67.4 Å². The Bertz CT molecular complexity index is 1660. The molecule has 2 fully saturated rings. The zero-order valence-electron chi connectivity index (χ0n) is 25.4. The molecule has 0 radical (unpaired) electrons. The van der Waals surface area contributed by atoms with E-state index in [1.54, 1.807) is 11.0 Å². The number of anilines is 1. The Morgan fingerprint density at radius 3 is 2.31 bits per heavy atom. The maximum absolute atomic E-state index is 14.0. The van der Waals surface area contributed by atoms with Crippen molar-refractivity contribution in [3.8, 4) is 0 Å². The van der Waals surface area contributed by atoms with E-state index in [-0.39, 0.29) is 29.3 Å². The molecule has 11 heteroatoms. The van der Waals surface area contributed by atoms with Crippen LogP contribution in [0.3, 0.4) is 0 Å². The number of hydrogen-bond acceptors (Lipinski definition) is 5. The quantitative estimate of drug-likeness (QED) is 0.312. The lowest BCUT2D eigenvalue weighted by Crippen LogP contribution is -2.53. The van der Waals surface area contributed by atoms with Crippen molar-refractivity contribution >= 4 is 55.1 Å². The smallest absolute Gasteiger partial charge is 0.244 e. The van der Waals surface area contributed by atoms with Crippen molar-refractivity contribution in [2.75, 3.05) is 50.7 Å². The second-order valence-electron chi connectivity index (χ2n) is 12.0. The number of nitrogens with zero attached hydrogens (tertiary/aromatic N) is 4. The fourth-order valence-electron chi connectivity index (χ4n) is 6.89. The molecule has 0 N–H and O–H groups in total. The van der Waals surface area contributed by atoms with Gasteiger partial charge in [-0.25, -0.2) is 8.42 Å². The van der Waals surface area contributed by atoms with E-state index in [1.807, 2.05) is 48.2 Å². The summed E-state index contributed by atoms with van der Waals surface area (Å²) in [5, 5.41) is 0.696. The predicted octanol–water partition coefficient (Wildman–Crippen LogP) is 5.74. The zero-order valence-corrected chi connectivity index (χ0v) is 28.5. The van der Waals surface area contributed by atoms with Crippen molar-refractivity contribution < 1.29 is 18.0 Å². The van der Waals surface area contributed by atoms with Crippen LogP contribution in [-0.2, 0) is 26.0 Å². The minimum atomic E-state index is -3.89. The molecule has 0 aliphatic carbocycles. The van der Waals surface area contributed by atoms with Crippen molar-refractivity contribution in [3.05, 3.63) is 92.9 Å². The molecule has 6 rings (SSSR count). The molecule has 0 aromatic heterocycles. The molecule has 3 aromatic carbocycles. The standard InChI is InChI=1S/C34H38BrClN4O4S/c1-2-32(41)40-16-14-26-21-29(35)31(22-30(26)40)45(43,44)39-15-6-9-27(23-39)34(42)38-19-17-37(18-20-38)33(24-7-4-3-5-8-24)25-10-12-28(36)13-11-25/h3-5,7-8,10-13,21-22,27,33H,2,6,9,14-20,23H2,1H3. The molecule has 0 spiro atoms. The van der Waals surface area contributed by atoms with Crippen LogP contribution in [0.2, 0.25) is 5.02 Å². The Kier molecular flexibility index (Phi) is 9.68. The molecule has 3 aromatic rings. The van der Waals surface area contributed by atoms with Crippen LogP contribution in [0.5, 0.6) is 0 Å². The summed E-state index contributed by atoms with van der Waals surface area (Å²) >= 11 is 9.68. The zero-order chi connectivity index (χ0) is 31.7. The maximum atomic E-state index is 14.0. The molecule has 3 aliphatic heterocycles. The minimum absolute atomic E-state index is 0.0186. The molecular formula is C34H38BrClN4O4S. The first kappa shape index (κ1) is 32.2. The maximum Gasteiger partial charge on any atom is 0.244 e. The third-order valence-corrected chi connectivity index (χ3v) is 12.4. The molecule has 3 aliphatic rings. The second kappa shape index (κ2) is 13.5. The van der Waals surface area contributed by atoms with Crippen LogP contribution in [0.25, 0.3) is 0 Å². The number of piperidine rings is 1. The Labute approximate surface area is 279 Å². The highest BCUT2D eigenvalue weighted by Crippen LogP contribution is 2.38. The Balaban J connectivity index is 1.14. The highest BCUT2D eigenvalue weighted by atomic mass is 79.9. The molecule has 0 bridgehead atoms. The van der Waals surface area contributed by atoms with Crippen LogP contribution in [0.15, 0.2) is 76.1 Å². The van der Waals surface area contributed by atoms with Crippen LogP contribution in [-0.4, -0.2) is 80.2 Å². The first-order chi connectivity index (χ1) is 21.7. The number of amides is 2. The SMILES string of the molecule is CCC(=O)N1CCc2cc(Br)c(S(=O)(=O)N3CCCC(C(=O)N4CCN(C(c5ccccc5)c5ccc(Cl)cc5)CC4)C3)cc21. The van der Waals surface area contributed by atoms with E-state index in [9.17, 15) is 18.0 Å². The normalized spacial score (nSPS) is 20.2. The molecule has 8 nitrogen and oxygen atoms in total. The topological polar surface area (TPSA) is 81.2 Å². The summed E-state index contributed by atoms with van der Waals surface area (Å²) in [5.74, 6) is -0.399. The summed E-state index contributed by atoms with van der Waals surface area (Å²) in [6.07, 6.45) is 2.33. The number of fused-ring (bicyclic) bond motifs is 1. The molecule has 3 heterocycles. The van der Waals surface area contributed by atoms with E-state index in [0.29, 0.717) is 80.1 Å². The van der Waals surface area contributed by atoms with Gasteiger partial charge in [-0.15, -0.1) is 0 Å². The van der Waals surface area contributed by atoms with Crippen molar-refractivity contribution in [2.45, 2.75) is 43.5 Å². The lowest BCUT2D eigenvalue weighted by Gasteiger charge is -2.41. The van der Waals surface area contributed by atoms with Crippen LogP contribution >= 0.6 is 27.5 Å². The highest BCUT2D eigenvalue weighted by molar-refractivity contribution is 9.10. The minimum Gasteiger partial charge on any atom is -0.340 e. The fourth-order valence-corrected chi connectivity index (χ4v) is 9.61. The average molecular weight is 714 g/mol. The number of carbonyl (C=O) groups excluding carboxylic acids is 2. The molecule has 45 heavy (non-hydrogen) atoms. The van der Waals surface area contributed by atoms with Gasteiger partial charge in [-0.05, 0) is 76.1 Å². The Morgan fingerprint density at radius 1 is 0.933 bits per heavy atom. The largest absolute Gasteiger partial charge is 0.340 e. The van der Waals surface area contributed by atoms with Gasteiger partial charge in [-0.3, -0.25) is 14.5 Å². The summed E-state index contributed by atoms with van der Waals surface area (Å²) in [7, 11) is -3.89. The van der Waals surface area contributed by atoms with Crippen molar-refractivity contribution in [1.29, 1.82) is 0 Å². The summed E-state index contributed by atoms with van der Waals surface area (Å²) in [4.78, 5) is 32.4. The van der Waals surface area contributed by atoms with Gasteiger partial charge in [0.2, 0.25) is 21.8 Å². The molecule has 0 saturated carbocycles. The molecule has 2 saturated heterocycles. The van der Waals surface area contributed by atoms with Crippen molar-refractivity contribution in [1.82, 2.24) is 14.1 Å². The van der Waals surface area contributed by atoms with Crippen LogP contribution in [0.1, 0.15) is 48.9 Å². The summed E-state index contributed by atoms with van der Waals surface area (Å²) in [6, 6.07) is 21.8. The van der Waals surface area contributed by atoms with Gasteiger partial charge in [0.15, 0.2) is 0 Å². The van der Waals surface area contributed by atoms with E-state index >= 15 is 0 Å². The number of rotatable bonds is 7. The summed E-state index contributed by atoms with van der Waals surface area (Å²) < 4.78 is 29.9. The third kappa shape index (κ3) is 6.58. The summed E-state index contributed by atoms with van der Waals surface area (Å²) in [5.41, 5.74) is 3.96. The van der Waals surface area contributed by atoms with E-state index in [2.05, 4.69) is 45.1 Å². The number of piperazine rings is 1. The number of halogens is 2. The van der Waals surface area contributed by atoms with E-state index in [0.717, 1.165) is 11.1 Å². The van der Waals surface area contributed by atoms with Crippen molar-refractivity contribution in [3.63, 3.8) is 0 Å². The summed E-state index contributed by atoms with van der Waals surface area (Å²) in [6.45, 7) is 5.45. The Morgan fingerprint density at radius 2 is 1.62 bits per heavy atom. The number of sulfonamides is 1. The highest BCUT2D eigenvalue weighted by Gasteiger charge is 2.38. The Hall–Kier alpha value is -2.76. The van der Waals surface area contributed by atoms with E-state index < -0.39 is 15.9 Å². The van der Waals surface area contributed by atoms with Gasteiger partial charge in [0.25, 0.3) is 0 Å². The number of benzene rings is 3. The third-order valence-electron chi connectivity index (χ3n) is 9.28. The van der Waals surface area contributed by atoms with Gasteiger partial charge in [-0.1, -0.05) is 61.0 Å². The van der Waals surface area contributed by atoms with E-state index in [1.165, 1.54) is 9.87 Å². The molecular weight excluding hydrogens is 676 g/mol. The van der Waals surface area contributed by atoms with Gasteiger partial charge < -0.3 is 9.80 Å². The van der Waals surface area contributed by atoms with Crippen LogP contribution < -0.4 is 4.90 Å². The first-order valence-electron chi connectivity index (χ1n) is 15.6. The van der Waals surface area contributed by atoms with Gasteiger partial charge in [0.05, 0.1) is 16.9 Å². The first-order valence-corrected chi connectivity index (χ1v) is 18.2. The lowest BCUT2D eigenvalue weighted by molar-refractivity contribution is -0.138. The fraction of sp³-hybridized carbons (Fsp3) is 0.412. The van der Waals surface area contributed by atoms with Crippen LogP contribution in [0, 0.1) is 5.92 Å². The van der Waals surface area contributed by atoms with Gasteiger partial charge in [0.1, 0.15) is 0 Å². The lowest BCUT2D eigenvalue weighted by atomic mass is 9.95. The molecule has 2 amide bonds. The molecule has 2 unspecified atom stereocenters. The second-order valence-corrected chi connectivity index (χ2v) is 15.2. The van der Waals surface area contributed by atoms with Gasteiger partial charge in [-0.2, -0.15) is 4.31 Å². The molecule has 2 atom stereocenters. The average Bonchev–Trinajstić information content (AvgIpc) is 3.48.